The molecular weight excluding hydrogens is 210 g/mol. The number of hydrogen-bond acceptors (Lipinski definition) is 4. The van der Waals surface area contributed by atoms with Crippen molar-refractivity contribution in [2.24, 2.45) is 0 Å². The number of fused-ring (bicyclic) bond motifs is 1. The van der Waals surface area contributed by atoms with Crippen molar-refractivity contribution in [3.05, 3.63) is 28.8 Å². The van der Waals surface area contributed by atoms with Gasteiger partial charge in [-0.25, -0.2) is 9.78 Å². The molecular formula is C11H11NO2S. The van der Waals surface area contributed by atoms with Gasteiger partial charge in [0.15, 0.2) is 0 Å². The second-order valence-electron chi connectivity index (χ2n) is 3.18. The molecule has 0 saturated heterocycles. The minimum atomic E-state index is -0.292. The average molecular weight is 221 g/mol. The van der Waals surface area contributed by atoms with Crippen molar-refractivity contribution in [2.45, 2.75) is 13.3 Å². The van der Waals surface area contributed by atoms with Crippen molar-refractivity contribution in [1.82, 2.24) is 4.98 Å². The van der Waals surface area contributed by atoms with Crippen molar-refractivity contribution in [3.8, 4) is 0 Å². The Kier molecular flexibility index (Phi) is 2.68. The monoisotopic (exact) mass is 221 g/mol. The van der Waals surface area contributed by atoms with Gasteiger partial charge in [0.05, 0.1) is 28.4 Å². The maximum absolute atomic E-state index is 11.4. The molecule has 2 rings (SSSR count). The summed E-state index contributed by atoms with van der Waals surface area (Å²) < 4.78 is 5.74. The van der Waals surface area contributed by atoms with E-state index in [0.717, 1.165) is 22.2 Å². The summed E-state index contributed by atoms with van der Waals surface area (Å²) >= 11 is 1.54. The number of aromatic nitrogens is 1. The molecule has 1 aromatic heterocycles. The molecule has 3 nitrogen and oxygen atoms in total. The van der Waals surface area contributed by atoms with Crippen molar-refractivity contribution in [3.63, 3.8) is 0 Å². The SMILES string of the molecule is CCc1cc(C(=O)OC)cc2scnc12. The van der Waals surface area contributed by atoms with Crippen LogP contribution in [-0.4, -0.2) is 18.1 Å². The van der Waals surface area contributed by atoms with E-state index in [0.29, 0.717) is 5.56 Å². The number of thiazole rings is 1. The number of ether oxygens (including phenoxy) is 1. The van der Waals surface area contributed by atoms with Gasteiger partial charge in [0.2, 0.25) is 0 Å². The minimum Gasteiger partial charge on any atom is -0.465 e. The summed E-state index contributed by atoms with van der Waals surface area (Å²) in [6, 6.07) is 3.69. The lowest BCUT2D eigenvalue weighted by Crippen LogP contribution is -2.01. The number of esters is 1. The fourth-order valence-electron chi connectivity index (χ4n) is 1.54. The van der Waals surface area contributed by atoms with Crippen LogP contribution in [0.15, 0.2) is 17.6 Å². The van der Waals surface area contributed by atoms with Crippen molar-refractivity contribution < 1.29 is 9.53 Å². The lowest BCUT2D eigenvalue weighted by atomic mass is 10.1. The van der Waals surface area contributed by atoms with Crippen LogP contribution < -0.4 is 0 Å². The second kappa shape index (κ2) is 3.98. The summed E-state index contributed by atoms with van der Waals surface area (Å²) in [5, 5.41) is 0. The smallest absolute Gasteiger partial charge is 0.337 e. The molecule has 0 spiro atoms. The molecule has 1 aromatic carbocycles. The molecule has 0 unspecified atom stereocenters. The van der Waals surface area contributed by atoms with E-state index >= 15 is 0 Å². The Morgan fingerprint density at radius 3 is 3.00 bits per heavy atom. The van der Waals surface area contributed by atoms with Gasteiger partial charge < -0.3 is 4.74 Å². The first-order valence-corrected chi connectivity index (χ1v) is 5.58. The first kappa shape index (κ1) is 10.1. The molecule has 0 amide bonds. The van der Waals surface area contributed by atoms with Crippen LogP contribution in [0.2, 0.25) is 0 Å². The molecule has 15 heavy (non-hydrogen) atoms. The van der Waals surface area contributed by atoms with Gasteiger partial charge in [0, 0.05) is 0 Å². The Hall–Kier alpha value is -1.42. The van der Waals surface area contributed by atoms with Crippen LogP contribution in [-0.2, 0) is 11.2 Å². The Morgan fingerprint density at radius 1 is 1.53 bits per heavy atom. The highest BCUT2D eigenvalue weighted by Crippen LogP contribution is 2.24. The van der Waals surface area contributed by atoms with E-state index in [2.05, 4.69) is 11.9 Å². The highest BCUT2D eigenvalue weighted by molar-refractivity contribution is 7.16. The zero-order chi connectivity index (χ0) is 10.8. The molecule has 78 valence electrons. The normalized spacial score (nSPS) is 10.5. The van der Waals surface area contributed by atoms with Crippen LogP contribution in [0, 0.1) is 0 Å². The summed E-state index contributed by atoms with van der Waals surface area (Å²) in [4.78, 5) is 15.7. The molecule has 2 aromatic rings. The lowest BCUT2D eigenvalue weighted by molar-refractivity contribution is 0.0601. The van der Waals surface area contributed by atoms with E-state index in [1.54, 1.807) is 16.8 Å². The van der Waals surface area contributed by atoms with Gasteiger partial charge in [-0.15, -0.1) is 11.3 Å². The maximum atomic E-state index is 11.4. The molecule has 0 radical (unpaired) electrons. The van der Waals surface area contributed by atoms with E-state index < -0.39 is 0 Å². The van der Waals surface area contributed by atoms with E-state index in [1.807, 2.05) is 12.1 Å². The molecule has 0 bridgehead atoms. The number of hydrogen-bond donors (Lipinski definition) is 0. The molecule has 0 aliphatic heterocycles. The van der Waals surface area contributed by atoms with Crippen LogP contribution in [0.5, 0.6) is 0 Å². The summed E-state index contributed by atoms with van der Waals surface area (Å²) in [6.45, 7) is 2.05. The summed E-state index contributed by atoms with van der Waals surface area (Å²) in [5.74, 6) is -0.292. The number of nitrogens with zero attached hydrogens (tertiary/aromatic N) is 1. The van der Waals surface area contributed by atoms with E-state index in [1.165, 1.54) is 7.11 Å². The van der Waals surface area contributed by atoms with Crippen LogP contribution in [0.3, 0.4) is 0 Å². The van der Waals surface area contributed by atoms with E-state index in [4.69, 9.17) is 4.74 Å². The second-order valence-corrected chi connectivity index (χ2v) is 4.07. The van der Waals surface area contributed by atoms with E-state index in [-0.39, 0.29) is 5.97 Å². The van der Waals surface area contributed by atoms with Crippen LogP contribution in [0.1, 0.15) is 22.8 Å². The van der Waals surface area contributed by atoms with Crippen molar-refractivity contribution >= 4 is 27.5 Å². The largest absolute Gasteiger partial charge is 0.465 e. The maximum Gasteiger partial charge on any atom is 0.337 e. The van der Waals surface area contributed by atoms with Gasteiger partial charge in [-0.2, -0.15) is 0 Å². The predicted molar refractivity (Wildman–Crippen MR) is 60.3 cm³/mol. The molecule has 0 aliphatic carbocycles. The van der Waals surface area contributed by atoms with Crippen LogP contribution in [0.25, 0.3) is 10.2 Å². The standard InChI is InChI=1S/C11H11NO2S/c1-3-7-4-8(11(13)14-2)5-9-10(7)12-6-15-9/h4-6H,3H2,1-2H3. The highest BCUT2D eigenvalue weighted by Gasteiger charge is 2.10. The Labute approximate surface area is 91.7 Å². The number of methoxy groups -OCH3 is 1. The number of carbonyl (C=O) groups is 1. The Balaban J connectivity index is 2.63. The van der Waals surface area contributed by atoms with Crippen LogP contribution in [0.4, 0.5) is 0 Å². The molecule has 4 heteroatoms. The first-order chi connectivity index (χ1) is 7.26. The number of carbonyl (C=O) groups excluding carboxylic acids is 1. The van der Waals surface area contributed by atoms with Gasteiger partial charge in [0.25, 0.3) is 0 Å². The van der Waals surface area contributed by atoms with E-state index in [9.17, 15) is 4.79 Å². The molecule has 0 saturated carbocycles. The van der Waals surface area contributed by atoms with Crippen molar-refractivity contribution in [2.75, 3.05) is 7.11 Å². The van der Waals surface area contributed by atoms with Crippen LogP contribution >= 0.6 is 11.3 Å². The predicted octanol–water partition coefficient (Wildman–Crippen LogP) is 2.65. The molecule has 0 aliphatic rings. The van der Waals surface area contributed by atoms with Gasteiger partial charge in [0.1, 0.15) is 0 Å². The molecule has 0 atom stereocenters. The average Bonchev–Trinajstić information content (AvgIpc) is 2.74. The zero-order valence-electron chi connectivity index (χ0n) is 8.61. The Bertz CT molecular complexity index is 504. The summed E-state index contributed by atoms with van der Waals surface area (Å²) in [5.41, 5.74) is 4.49. The molecule has 1 heterocycles. The van der Waals surface area contributed by atoms with Crippen molar-refractivity contribution in [1.29, 1.82) is 0 Å². The zero-order valence-corrected chi connectivity index (χ0v) is 9.43. The fraction of sp³-hybridized carbons (Fsp3) is 0.273. The third kappa shape index (κ3) is 1.72. The topological polar surface area (TPSA) is 39.2 Å². The minimum absolute atomic E-state index is 0.292. The van der Waals surface area contributed by atoms with Gasteiger partial charge in [-0.3, -0.25) is 0 Å². The fourth-order valence-corrected chi connectivity index (χ4v) is 2.31. The molecule has 0 fully saturated rings. The first-order valence-electron chi connectivity index (χ1n) is 4.70. The summed E-state index contributed by atoms with van der Waals surface area (Å²) in [6.07, 6.45) is 0.866. The third-order valence-corrected chi connectivity index (χ3v) is 3.09. The number of benzene rings is 1. The third-order valence-electron chi connectivity index (χ3n) is 2.32. The van der Waals surface area contributed by atoms with Gasteiger partial charge in [-0.05, 0) is 24.1 Å². The number of rotatable bonds is 2. The highest BCUT2D eigenvalue weighted by atomic mass is 32.1. The number of aryl methyl sites for hydroxylation is 1. The Morgan fingerprint density at radius 2 is 2.33 bits per heavy atom. The van der Waals surface area contributed by atoms with Gasteiger partial charge in [-0.1, -0.05) is 6.92 Å². The van der Waals surface area contributed by atoms with Gasteiger partial charge >= 0.3 is 5.97 Å². The lowest BCUT2D eigenvalue weighted by Gasteiger charge is -2.03. The molecule has 0 N–H and O–H groups in total. The quantitative estimate of drug-likeness (QED) is 0.732. The summed E-state index contributed by atoms with van der Waals surface area (Å²) in [7, 11) is 1.39.